The second-order valence-corrected chi connectivity index (χ2v) is 4.68. The van der Waals surface area contributed by atoms with E-state index in [1.165, 1.54) is 5.56 Å². The summed E-state index contributed by atoms with van der Waals surface area (Å²) in [5.74, 6) is 0.458. The first kappa shape index (κ1) is 11.9. The van der Waals surface area contributed by atoms with Crippen LogP contribution in [0.2, 0.25) is 0 Å². The van der Waals surface area contributed by atoms with Crippen LogP contribution in [-0.4, -0.2) is 9.55 Å². The van der Waals surface area contributed by atoms with Crippen molar-refractivity contribution in [2.45, 2.75) is 25.9 Å². The zero-order chi connectivity index (χ0) is 12.3. The van der Waals surface area contributed by atoms with Crippen LogP contribution in [0.25, 0.3) is 0 Å². The van der Waals surface area contributed by atoms with E-state index < -0.39 is 0 Å². The van der Waals surface area contributed by atoms with Gasteiger partial charge in [0.25, 0.3) is 0 Å². The number of nitrogens with two attached hydrogens (primary N) is 1. The summed E-state index contributed by atoms with van der Waals surface area (Å²) in [7, 11) is 0. The summed E-state index contributed by atoms with van der Waals surface area (Å²) in [5.41, 5.74) is 7.55. The topological polar surface area (TPSA) is 43.8 Å². The minimum absolute atomic E-state index is 0.00889. The van der Waals surface area contributed by atoms with Crippen molar-refractivity contribution >= 4 is 0 Å². The maximum atomic E-state index is 6.38. The van der Waals surface area contributed by atoms with Crippen LogP contribution < -0.4 is 5.73 Å². The standard InChI is InChI=1S/C14H19N3/c1-11(2)14(17-9-8-16-10-17)13(15)12-6-4-3-5-7-12/h3-11,13-14H,15H2,1-2H3. The molecule has 0 aliphatic rings. The van der Waals surface area contributed by atoms with E-state index in [1.54, 1.807) is 6.20 Å². The van der Waals surface area contributed by atoms with Crippen molar-refractivity contribution in [1.82, 2.24) is 9.55 Å². The lowest BCUT2D eigenvalue weighted by atomic mass is 9.91. The maximum absolute atomic E-state index is 6.38. The van der Waals surface area contributed by atoms with Gasteiger partial charge in [-0.1, -0.05) is 44.2 Å². The molecule has 0 radical (unpaired) electrons. The summed E-state index contributed by atoms with van der Waals surface area (Å²) in [4.78, 5) is 4.11. The molecular formula is C14H19N3. The maximum Gasteiger partial charge on any atom is 0.0949 e. The third-order valence-corrected chi connectivity index (χ3v) is 3.10. The summed E-state index contributed by atoms with van der Waals surface area (Å²) < 4.78 is 2.10. The molecule has 3 nitrogen and oxygen atoms in total. The predicted molar refractivity (Wildman–Crippen MR) is 69.5 cm³/mol. The van der Waals surface area contributed by atoms with E-state index in [1.807, 2.05) is 30.7 Å². The summed E-state index contributed by atoms with van der Waals surface area (Å²) in [6.07, 6.45) is 5.62. The third-order valence-electron chi connectivity index (χ3n) is 3.10. The SMILES string of the molecule is CC(C)C(C(N)c1ccccc1)n1ccnc1. The second kappa shape index (κ2) is 5.15. The number of imidazole rings is 1. The van der Waals surface area contributed by atoms with Gasteiger partial charge in [0.15, 0.2) is 0 Å². The van der Waals surface area contributed by atoms with E-state index >= 15 is 0 Å². The minimum atomic E-state index is -0.00889. The van der Waals surface area contributed by atoms with E-state index in [4.69, 9.17) is 5.73 Å². The fraction of sp³-hybridized carbons (Fsp3) is 0.357. The fourth-order valence-corrected chi connectivity index (χ4v) is 2.26. The van der Waals surface area contributed by atoms with Crippen molar-refractivity contribution in [3.05, 3.63) is 54.6 Å². The van der Waals surface area contributed by atoms with Crippen LogP contribution in [0.4, 0.5) is 0 Å². The monoisotopic (exact) mass is 229 g/mol. The molecule has 1 heterocycles. The van der Waals surface area contributed by atoms with Crippen LogP contribution in [0.15, 0.2) is 49.1 Å². The molecule has 0 spiro atoms. The van der Waals surface area contributed by atoms with Crippen LogP contribution in [0.1, 0.15) is 31.5 Å². The molecule has 3 heteroatoms. The zero-order valence-corrected chi connectivity index (χ0v) is 10.3. The smallest absolute Gasteiger partial charge is 0.0949 e. The van der Waals surface area contributed by atoms with Crippen molar-refractivity contribution in [1.29, 1.82) is 0 Å². The first-order chi connectivity index (χ1) is 8.20. The average Bonchev–Trinajstić information content (AvgIpc) is 2.83. The highest BCUT2D eigenvalue weighted by Crippen LogP contribution is 2.30. The molecule has 17 heavy (non-hydrogen) atoms. The van der Waals surface area contributed by atoms with Crippen molar-refractivity contribution in [2.24, 2.45) is 11.7 Å². The van der Waals surface area contributed by atoms with Gasteiger partial charge in [0, 0.05) is 12.4 Å². The zero-order valence-electron chi connectivity index (χ0n) is 10.3. The predicted octanol–water partition coefficient (Wildman–Crippen LogP) is 2.78. The molecule has 2 atom stereocenters. The lowest BCUT2D eigenvalue weighted by Crippen LogP contribution is -2.28. The van der Waals surface area contributed by atoms with Gasteiger partial charge < -0.3 is 10.3 Å². The van der Waals surface area contributed by atoms with Gasteiger partial charge in [0.1, 0.15) is 0 Å². The molecule has 0 aliphatic carbocycles. The Hall–Kier alpha value is -1.61. The van der Waals surface area contributed by atoms with Gasteiger partial charge >= 0.3 is 0 Å². The molecule has 0 aliphatic heterocycles. The Bertz CT molecular complexity index is 434. The Labute approximate surface area is 102 Å². The molecule has 2 N–H and O–H groups in total. The highest BCUT2D eigenvalue weighted by molar-refractivity contribution is 5.20. The molecule has 0 amide bonds. The van der Waals surface area contributed by atoms with E-state index in [0.29, 0.717) is 5.92 Å². The van der Waals surface area contributed by atoms with E-state index in [2.05, 4.69) is 35.5 Å². The Morgan fingerprint density at radius 2 is 1.88 bits per heavy atom. The molecule has 0 bridgehead atoms. The van der Waals surface area contributed by atoms with Crippen molar-refractivity contribution in [3.8, 4) is 0 Å². The summed E-state index contributed by atoms with van der Waals surface area (Å²) in [6.45, 7) is 4.38. The lowest BCUT2D eigenvalue weighted by molar-refractivity contribution is 0.318. The van der Waals surface area contributed by atoms with E-state index in [-0.39, 0.29) is 12.1 Å². The number of hydrogen-bond acceptors (Lipinski definition) is 2. The first-order valence-corrected chi connectivity index (χ1v) is 5.98. The van der Waals surface area contributed by atoms with Crippen molar-refractivity contribution in [2.75, 3.05) is 0 Å². The van der Waals surface area contributed by atoms with Crippen molar-refractivity contribution in [3.63, 3.8) is 0 Å². The highest BCUT2D eigenvalue weighted by atomic mass is 15.1. The number of nitrogens with zero attached hydrogens (tertiary/aromatic N) is 2. The van der Waals surface area contributed by atoms with Gasteiger partial charge in [-0.05, 0) is 11.5 Å². The van der Waals surface area contributed by atoms with Crippen LogP contribution in [-0.2, 0) is 0 Å². The van der Waals surface area contributed by atoms with Gasteiger partial charge in [-0.3, -0.25) is 0 Å². The third kappa shape index (κ3) is 2.56. The average molecular weight is 229 g/mol. The Morgan fingerprint density at radius 1 is 1.18 bits per heavy atom. The largest absolute Gasteiger partial charge is 0.332 e. The molecule has 2 unspecified atom stereocenters. The van der Waals surface area contributed by atoms with E-state index in [0.717, 1.165) is 0 Å². The van der Waals surface area contributed by atoms with E-state index in [9.17, 15) is 0 Å². The van der Waals surface area contributed by atoms with Gasteiger partial charge in [-0.25, -0.2) is 4.98 Å². The Balaban J connectivity index is 2.29. The number of benzene rings is 1. The van der Waals surface area contributed by atoms with Gasteiger partial charge in [-0.2, -0.15) is 0 Å². The molecule has 0 fully saturated rings. The molecule has 2 rings (SSSR count). The molecule has 1 aromatic carbocycles. The number of hydrogen-bond donors (Lipinski definition) is 1. The Morgan fingerprint density at radius 3 is 2.41 bits per heavy atom. The van der Waals surface area contributed by atoms with Crippen LogP contribution >= 0.6 is 0 Å². The molecule has 90 valence electrons. The molecule has 0 saturated carbocycles. The fourth-order valence-electron chi connectivity index (χ4n) is 2.26. The normalized spacial score (nSPS) is 14.8. The van der Waals surface area contributed by atoms with Crippen LogP contribution in [0, 0.1) is 5.92 Å². The number of rotatable bonds is 4. The Kier molecular flexibility index (Phi) is 3.59. The quantitative estimate of drug-likeness (QED) is 0.876. The molecule has 2 aromatic rings. The van der Waals surface area contributed by atoms with Crippen LogP contribution in [0.5, 0.6) is 0 Å². The summed E-state index contributed by atoms with van der Waals surface area (Å²) in [5, 5.41) is 0. The van der Waals surface area contributed by atoms with Crippen LogP contribution in [0.3, 0.4) is 0 Å². The molecular weight excluding hydrogens is 210 g/mol. The number of aromatic nitrogens is 2. The van der Waals surface area contributed by atoms with Gasteiger partial charge in [0.05, 0.1) is 18.4 Å². The highest BCUT2D eigenvalue weighted by Gasteiger charge is 2.23. The van der Waals surface area contributed by atoms with Gasteiger partial charge in [0.2, 0.25) is 0 Å². The summed E-state index contributed by atoms with van der Waals surface area (Å²) >= 11 is 0. The van der Waals surface area contributed by atoms with Gasteiger partial charge in [-0.15, -0.1) is 0 Å². The van der Waals surface area contributed by atoms with Crippen molar-refractivity contribution < 1.29 is 0 Å². The molecule has 0 saturated heterocycles. The first-order valence-electron chi connectivity index (χ1n) is 5.98. The summed E-state index contributed by atoms with van der Waals surface area (Å²) in [6, 6.07) is 10.5. The molecule has 1 aromatic heterocycles. The second-order valence-electron chi connectivity index (χ2n) is 4.68. The minimum Gasteiger partial charge on any atom is -0.332 e. The lowest BCUT2D eigenvalue weighted by Gasteiger charge is -2.28.